The van der Waals surface area contributed by atoms with Crippen LogP contribution in [0.2, 0.25) is 0 Å². The van der Waals surface area contributed by atoms with Gasteiger partial charge in [-0.25, -0.2) is 4.98 Å². The van der Waals surface area contributed by atoms with Crippen LogP contribution >= 0.6 is 0 Å². The highest BCUT2D eigenvalue weighted by atomic mass is 19.4. The van der Waals surface area contributed by atoms with Gasteiger partial charge < -0.3 is 15.2 Å². The molecule has 0 saturated carbocycles. The molecule has 0 radical (unpaired) electrons. The molecule has 0 bridgehead atoms. The maximum Gasteiger partial charge on any atom is 0.433 e. The Kier molecular flexibility index (Phi) is 3.64. The summed E-state index contributed by atoms with van der Waals surface area (Å²) in [5.74, 6) is -0.251. The molecule has 0 aliphatic carbocycles. The van der Waals surface area contributed by atoms with Crippen LogP contribution in [0, 0.1) is 0 Å². The fraction of sp³-hybridized carbons (Fsp3) is 0.167. The topological polar surface area (TPSA) is 70.3 Å². The van der Waals surface area contributed by atoms with E-state index in [-0.39, 0.29) is 11.6 Å². The Labute approximate surface area is 112 Å². The van der Waals surface area contributed by atoms with Crippen molar-refractivity contribution in [2.45, 2.75) is 6.18 Å². The number of ether oxygens (including phenoxy) is 2. The van der Waals surface area contributed by atoms with Gasteiger partial charge in [0.1, 0.15) is 0 Å². The van der Waals surface area contributed by atoms with E-state index < -0.39 is 17.8 Å². The SMILES string of the molecule is COc1ccccc1Oc1cc(C(F)(F)F)nc(N)n1. The van der Waals surface area contributed by atoms with Crippen LogP contribution in [0.4, 0.5) is 19.1 Å². The number of nitrogens with two attached hydrogens (primary N) is 1. The molecular weight excluding hydrogens is 275 g/mol. The van der Waals surface area contributed by atoms with Gasteiger partial charge in [0, 0.05) is 6.07 Å². The molecule has 20 heavy (non-hydrogen) atoms. The first-order valence-electron chi connectivity index (χ1n) is 5.43. The molecule has 0 aliphatic heterocycles. The van der Waals surface area contributed by atoms with E-state index in [0.717, 1.165) is 0 Å². The molecule has 0 saturated heterocycles. The van der Waals surface area contributed by atoms with Crippen LogP contribution in [-0.2, 0) is 6.18 Å². The number of nitrogens with zero attached hydrogens (tertiary/aromatic N) is 2. The summed E-state index contributed by atoms with van der Waals surface area (Å²) < 4.78 is 48.1. The van der Waals surface area contributed by atoms with Gasteiger partial charge in [0.15, 0.2) is 17.2 Å². The van der Waals surface area contributed by atoms with Crippen LogP contribution < -0.4 is 15.2 Å². The number of hydrogen-bond acceptors (Lipinski definition) is 5. The molecule has 0 unspecified atom stereocenters. The van der Waals surface area contributed by atoms with E-state index in [9.17, 15) is 13.2 Å². The first kappa shape index (κ1) is 13.9. The lowest BCUT2D eigenvalue weighted by Crippen LogP contribution is -2.11. The largest absolute Gasteiger partial charge is 0.493 e. The number of benzene rings is 1. The third kappa shape index (κ3) is 3.08. The highest BCUT2D eigenvalue weighted by Gasteiger charge is 2.34. The fourth-order valence-corrected chi connectivity index (χ4v) is 1.46. The molecule has 0 aliphatic rings. The average molecular weight is 285 g/mol. The number of alkyl halides is 3. The van der Waals surface area contributed by atoms with Gasteiger partial charge in [0.05, 0.1) is 7.11 Å². The summed E-state index contributed by atoms with van der Waals surface area (Å²) in [5.41, 5.74) is 4.08. The average Bonchev–Trinajstić information content (AvgIpc) is 2.37. The summed E-state index contributed by atoms with van der Waals surface area (Å²) in [7, 11) is 1.41. The van der Waals surface area contributed by atoms with Crippen molar-refractivity contribution < 1.29 is 22.6 Å². The van der Waals surface area contributed by atoms with E-state index in [0.29, 0.717) is 11.8 Å². The first-order chi connectivity index (χ1) is 9.40. The number of aromatic nitrogens is 2. The van der Waals surface area contributed by atoms with E-state index in [1.165, 1.54) is 13.2 Å². The Bertz CT molecular complexity index is 617. The van der Waals surface area contributed by atoms with Gasteiger partial charge in [-0.3, -0.25) is 0 Å². The maximum atomic E-state index is 12.6. The number of rotatable bonds is 3. The Morgan fingerprint density at radius 2 is 1.75 bits per heavy atom. The van der Waals surface area contributed by atoms with Crippen molar-refractivity contribution in [1.29, 1.82) is 0 Å². The van der Waals surface area contributed by atoms with Crippen molar-refractivity contribution in [3.63, 3.8) is 0 Å². The second kappa shape index (κ2) is 5.24. The summed E-state index contributed by atoms with van der Waals surface area (Å²) in [5, 5.41) is 0. The number of methoxy groups -OCH3 is 1. The van der Waals surface area contributed by atoms with Gasteiger partial charge >= 0.3 is 6.18 Å². The molecule has 2 aromatic rings. The van der Waals surface area contributed by atoms with Crippen LogP contribution in [0.5, 0.6) is 17.4 Å². The second-order valence-electron chi connectivity index (χ2n) is 3.70. The first-order valence-corrected chi connectivity index (χ1v) is 5.43. The molecule has 0 fully saturated rings. The van der Waals surface area contributed by atoms with Crippen molar-refractivity contribution in [1.82, 2.24) is 9.97 Å². The predicted octanol–water partition coefficient (Wildman–Crippen LogP) is 2.88. The third-order valence-electron chi connectivity index (χ3n) is 2.29. The maximum absolute atomic E-state index is 12.6. The Hall–Kier alpha value is -2.51. The zero-order valence-electron chi connectivity index (χ0n) is 10.3. The van der Waals surface area contributed by atoms with Crippen LogP contribution in [0.15, 0.2) is 30.3 Å². The lowest BCUT2D eigenvalue weighted by molar-refractivity contribution is -0.141. The zero-order valence-corrected chi connectivity index (χ0v) is 10.3. The normalized spacial score (nSPS) is 11.2. The Balaban J connectivity index is 2.36. The van der Waals surface area contributed by atoms with Crippen LogP contribution in [0.25, 0.3) is 0 Å². The van der Waals surface area contributed by atoms with Crippen molar-refractivity contribution in [2.75, 3.05) is 12.8 Å². The zero-order chi connectivity index (χ0) is 14.8. The highest BCUT2D eigenvalue weighted by Crippen LogP contribution is 2.33. The van der Waals surface area contributed by atoms with Gasteiger partial charge in [-0.15, -0.1) is 0 Å². The molecule has 0 spiro atoms. The summed E-state index contributed by atoms with van der Waals surface area (Å²) in [6, 6.07) is 7.14. The summed E-state index contributed by atoms with van der Waals surface area (Å²) in [6.07, 6.45) is -4.63. The molecule has 5 nitrogen and oxygen atoms in total. The number of nitrogen functional groups attached to an aromatic ring is 1. The van der Waals surface area contributed by atoms with Gasteiger partial charge in [0.2, 0.25) is 11.8 Å². The van der Waals surface area contributed by atoms with Crippen molar-refractivity contribution in [3.05, 3.63) is 36.0 Å². The minimum absolute atomic E-state index is 0.223. The van der Waals surface area contributed by atoms with E-state index in [2.05, 4.69) is 9.97 Å². The van der Waals surface area contributed by atoms with Crippen molar-refractivity contribution >= 4 is 5.95 Å². The standard InChI is InChI=1S/C12H10F3N3O2/c1-19-7-4-2-3-5-8(7)20-10-6-9(12(13,14)15)17-11(16)18-10/h2-6H,1H3,(H2,16,17,18). The number of anilines is 1. The summed E-state index contributed by atoms with van der Waals surface area (Å²) in [4.78, 5) is 6.73. The van der Waals surface area contributed by atoms with Crippen LogP contribution in [0.1, 0.15) is 5.69 Å². The number of hydrogen-bond donors (Lipinski definition) is 1. The monoisotopic (exact) mass is 285 g/mol. The smallest absolute Gasteiger partial charge is 0.433 e. The number of para-hydroxylation sites is 2. The highest BCUT2D eigenvalue weighted by molar-refractivity contribution is 5.42. The molecule has 8 heteroatoms. The lowest BCUT2D eigenvalue weighted by atomic mass is 10.3. The summed E-state index contributed by atoms with van der Waals surface area (Å²) in [6.45, 7) is 0. The minimum Gasteiger partial charge on any atom is -0.493 e. The molecule has 1 heterocycles. The second-order valence-corrected chi connectivity index (χ2v) is 3.70. The van der Waals surface area contributed by atoms with Gasteiger partial charge in [0.25, 0.3) is 0 Å². The van der Waals surface area contributed by atoms with Gasteiger partial charge in [-0.05, 0) is 12.1 Å². The lowest BCUT2D eigenvalue weighted by Gasteiger charge is -2.11. The predicted molar refractivity (Wildman–Crippen MR) is 64.5 cm³/mol. The summed E-state index contributed by atoms with van der Waals surface area (Å²) >= 11 is 0. The van der Waals surface area contributed by atoms with Crippen LogP contribution in [-0.4, -0.2) is 17.1 Å². The molecule has 1 aromatic heterocycles. The molecule has 0 amide bonds. The Morgan fingerprint density at radius 1 is 1.10 bits per heavy atom. The number of halogens is 3. The van der Waals surface area contributed by atoms with E-state index in [1.807, 2.05) is 0 Å². The van der Waals surface area contributed by atoms with E-state index >= 15 is 0 Å². The fourth-order valence-electron chi connectivity index (χ4n) is 1.46. The quantitative estimate of drug-likeness (QED) is 0.939. The van der Waals surface area contributed by atoms with E-state index in [1.54, 1.807) is 18.2 Å². The molecule has 2 N–H and O–H groups in total. The minimum atomic E-state index is -4.63. The van der Waals surface area contributed by atoms with Crippen LogP contribution in [0.3, 0.4) is 0 Å². The van der Waals surface area contributed by atoms with Gasteiger partial charge in [-0.2, -0.15) is 18.2 Å². The molecule has 1 aromatic carbocycles. The molecule has 2 rings (SSSR count). The Morgan fingerprint density at radius 3 is 2.35 bits per heavy atom. The molecule has 0 atom stereocenters. The van der Waals surface area contributed by atoms with Gasteiger partial charge in [-0.1, -0.05) is 12.1 Å². The van der Waals surface area contributed by atoms with E-state index in [4.69, 9.17) is 15.2 Å². The molecular formula is C12H10F3N3O2. The molecule has 106 valence electrons. The third-order valence-corrected chi connectivity index (χ3v) is 2.29. The van der Waals surface area contributed by atoms with Crippen molar-refractivity contribution in [2.24, 2.45) is 0 Å². The van der Waals surface area contributed by atoms with Crippen molar-refractivity contribution in [3.8, 4) is 17.4 Å².